The molecule has 1 amide bonds. The fourth-order valence-electron chi connectivity index (χ4n) is 2.00. The SMILES string of the molecule is C=CCOc1ccc(/C=C/C(=O)Nc2cccc(Cl)c2Cl)cc1OC. The number of methoxy groups -OCH3 is 1. The van der Waals surface area contributed by atoms with Gasteiger partial charge in [-0.05, 0) is 35.9 Å². The summed E-state index contributed by atoms with van der Waals surface area (Å²) in [6, 6.07) is 10.4. The Morgan fingerprint density at radius 1 is 1.24 bits per heavy atom. The summed E-state index contributed by atoms with van der Waals surface area (Å²) in [5, 5.41) is 3.36. The molecule has 0 atom stereocenters. The molecule has 0 radical (unpaired) electrons. The Hall–Kier alpha value is -2.43. The van der Waals surface area contributed by atoms with Gasteiger partial charge in [-0.15, -0.1) is 0 Å². The minimum absolute atomic E-state index is 0.302. The Kier molecular flexibility index (Phi) is 6.92. The van der Waals surface area contributed by atoms with E-state index in [-0.39, 0.29) is 5.91 Å². The summed E-state index contributed by atoms with van der Waals surface area (Å²) >= 11 is 12.0. The second kappa shape index (κ2) is 9.16. The predicted octanol–water partition coefficient (Wildman–Crippen LogP) is 5.22. The number of anilines is 1. The third-order valence-corrected chi connectivity index (χ3v) is 4.00. The van der Waals surface area contributed by atoms with Gasteiger partial charge >= 0.3 is 0 Å². The van der Waals surface area contributed by atoms with Crippen LogP contribution in [0.4, 0.5) is 5.69 Å². The molecule has 2 aromatic rings. The molecule has 0 aliphatic rings. The molecule has 0 fully saturated rings. The van der Waals surface area contributed by atoms with Crippen LogP contribution in [0.1, 0.15) is 5.56 Å². The van der Waals surface area contributed by atoms with E-state index >= 15 is 0 Å². The van der Waals surface area contributed by atoms with Gasteiger partial charge in [0, 0.05) is 6.08 Å². The largest absolute Gasteiger partial charge is 0.493 e. The van der Waals surface area contributed by atoms with Crippen molar-refractivity contribution in [1.29, 1.82) is 0 Å². The Balaban J connectivity index is 2.09. The van der Waals surface area contributed by atoms with Crippen molar-refractivity contribution in [3.63, 3.8) is 0 Å². The lowest BCUT2D eigenvalue weighted by Crippen LogP contribution is -2.08. The second-order valence-electron chi connectivity index (χ2n) is 4.93. The van der Waals surface area contributed by atoms with Gasteiger partial charge in [-0.25, -0.2) is 0 Å². The molecule has 0 aliphatic heterocycles. The maximum Gasteiger partial charge on any atom is 0.248 e. The molecule has 0 aromatic heterocycles. The van der Waals surface area contributed by atoms with Gasteiger partial charge in [0.05, 0.1) is 22.8 Å². The molecular formula is C19H17Cl2NO3. The Morgan fingerprint density at radius 3 is 2.76 bits per heavy atom. The Morgan fingerprint density at radius 2 is 2.04 bits per heavy atom. The first kappa shape index (κ1) is 18.9. The summed E-state index contributed by atoms with van der Waals surface area (Å²) in [5.41, 5.74) is 1.24. The molecule has 4 nitrogen and oxygen atoms in total. The Bertz CT molecular complexity index is 803. The quantitative estimate of drug-likeness (QED) is 0.531. The van der Waals surface area contributed by atoms with Gasteiger partial charge in [-0.1, -0.05) is 48.0 Å². The predicted molar refractivity (Wildman–Crippen MR) is 103 cm³/mol. The van der Waals surface area contributed by atoms with Crippen LogP contribution in [0.25, 0.3) is 6.08 Å². The van der Waals surface area contributed by atoms with E-state index in [0.29, 0.717) is 33.8 Å². The normalized spacial score (nSPS) is 10.5. The smallest absolute Gasteiger partial charge is 0.248 e. The molecule has 0 aliphatic carbocycles. The topological polar surface area (TPSA) is 47.6 Å². The highest BCUT2D eigenvalue weighted by Crippen LogP contribution is 2.30. The van der Waals surface area contributed by atoms with Crippen LogP contribution in [0.15, 0.2) is 55.1 Å². The van der Waals surface area contributed by atoms with Gasteiger partial charge in [0.1, 0.15) is 6.61 Å². The molecule has 0 saturated carbocycles. The number of ether oxygens (including phenoxy) is 2. The number of benzene rings is 2. The van der Waals surface area contributed by atoms with Gasteiger partial charge in [0.2, 0.25) is 5.91 Å². The van der Waals surface area contributed by atoms with Crippen LogP contribution in [-0.2, 0) is 4.79 Å². The number of carbonyl (C=O) groups excluding carboxylic acids is 1. The van der Waals surface area contributed by atoms with Gasteiger partial charge in [0.15, 0.2) is 11.5 Å². The lowest BCUT2D eigenvalue weighted by Gasteiger charge is -2.09. The third kappa shape index (κ3) is 5.28. The summed E-state index contributed by atoms with van der Waals surface area (Å²) in [6.07, 6.45) is 4.71. The van der Waals surface area contributed by atoms with E-state index in [2.05, 4.69) is 11.9 Å². The van der Waals surface area contributed by atoms with E-state index in [9.17, 15) is 4.79 Å². The summed E-state index contributed by atoms with van der Waals surface area (Å²) in [4.78, 5) is 12.0. The summed E-state index contributed by atoms with van der Waals surface area (Å²) < 4.78 is 10.8. The molecule has 0 unspecified atom stereocenters. The van der Waals surface area contributed by atoms with Gasteiger partial charge in [-0.2, -0.15) is 0 Å². The maximum absolute atomic E-state index is 12.0. The van der Waals surface area contributed by atoms with Crippen molar-refractivity contribution < 1.29 is 14.3 Å². The van der Waals surface area contributed by atoms with Crippen molar-refractivity contribution in [2.75, 3.05) is 19.0 Å². The third-order valence-electron chi connectivity index (χ3n) is 3.18. The van der Waals surface area contributed by atoms with Crippen LogP contribution >= 0.6 is 23.2 Å². The van der Waals surface area contributed by atoms with Crippen molar-refractivity contribution in [2.45, 2.75) is 0 Å². The van der Waals surface area contributed by atoms with Gasteiger partial charge < -0.3 is 14.8 Å². The molecule has 2 rings (SSSR count). The highest BCUT2D eigenvalue weighted by atomic mass is 35.5. The molecule has 130 valence electrons. The van der Waals surface area contributed by atoms with Crippen molar-refractivity contribution in [3.8, 4) is 11.5 Å². The molecule has 2 aromatic carbocycles. The van der Waals surface area contributed by atoms with Crippen molar-refractivity contribution >= 4 is 40.9 Å². The van der Waals surface area contributed by atoms with E-state index in [0.717, 1.165) is 5.56 Å². The number of nitrogens with one attached hydrogen (secondary N) is 1. The zero-order chi connectivity index (χ0) is 18.2. The zero-order valence-electron chi connectivity index (χ0n) is 13.6. The van der Waals surface area contributed by atoms with E-state index in [4.69, 9.17) is 32.7 Å². The number of carbonyl (C=O) groups is 1. The average Bonchev–Trinajstić information content (AvgIpc) is 2.62. The maximum atomic E-state index is 12.0. The fourth-order valence-corrected chi connectivity index (χ4v) is 2.35. The first-order valence-electron chi connectivity index (χ1n) is 7.40. The number of hydrogen-bond donors (Lipinski definition) is 1. The number of halogens is 2. The number of amides is 1. The molecule has 0 bridgehead atoms. The minimum Gasteiger partial charge on any atom is -0.493 e. The van der Waals surface area contributed by atoms with Crippen LogP contribution in [-0.4, -0.2) is 19.6 Å². The second-order valence-corrected chi connectivity index (χ2v) is 5.72. The molecule has 0 heterocycles. The minimum atomic E-state index is -0.324. The molecule has 6 heteroatoms. The zero-order valence-corrected chi connectivity index (χ0v) is 15.1. The fraction of sp³-hybridized carbons (Fsp3) is 0.105. The molecule has 25 heavy (non-hydrogen) atoms. The van der Waals surface area contributed by atoms with Crippen LogP contribution in [0, 0.1) is 0 Å². The number of rotatable bonds is 7. The average molecular weight is 378 g/mol. The van der Waals surface area contributed by atoms with Crippen molar-refractivity contribution in [2.24, 2.45) is 0 Å². The first-order chi connectivity index (χ1) is 12.0. The van der Waals surface area contributed by atoms with Gasteiger partial charge in [-0.3, -0.25) is 4.79 Å². The van der Waals surface area contributed by atoms with E-state index in [1.165, 1.54) is 6.08 Å². The Labute approximate surface area is 156 Å². The van der Waals surface area contributed by atoms with Crippen molar-refractivity contribution in [1.82, 2.24) is 0 Å². The highest BCUT2D eigenvalue weighted by molar-refractivity contribution is 6.44. The van der Waals surface area contributed by atoms with E-state index in [1.54, 1.807) is 49.6 Å². The van der Waals surface area contributed by atoms with Crippen LogP contribution < -0.4 is 14.8 Å². The monoisotopic (exact) mass is 377 g/mol. The van der Waals surface area contributed by atoms with E-state index < -0.39 is 0 Å². The summed E-state index contributed by atoms with van der Waals surface area (Å²) in [6.45, 7) is 3.99. The molecule has 1 N–H and O–H groups in total. The summed E-state index contributed by atoms with van der Waals surface area (Å²) in [7, 11) is 1.55. The van der Waals surface area contributed by atoms with Crippen molar-refractivity contribution in [3.05, 3.63) is 70.7 Å². The van der Waals surface area contributed by atoms with Crippen LogP contribution in [0.3, 0.4) is 0 Å². The lowest BCUT2D eigenvalue weighted by molar-refractivity contribution is -0.111. The molecular weight excluding hydrogens is 361 g/mol. The lowest BCUT2D eigenvalue weighted by atomic mass is 10.2. The van der Waals surface area contributed by atoms with E-state index in [1.807, 2.05) is 6.07 Å². The highest BCUT2D eigenvalue weighted by Gasteiger charge is 2.07. The first-order valence-corrected chi connectivity index (χ1v) is 8.15. The number of hydrogen-bond acceptors (Lipinski definition) is 3. The van der Waals surface area contributed by atoms with Crippen LogP contribution in [0.2, 0.25) is 10.0 Å². The summed E-state index contributed by atoms with van der Waals surface area (Å²) in [5.74, 6) is 0.854. The standard InChI is InChI=1S/C19H17Cl2NO3/c1-3-11-25-16-9-7-13(12-17(16)24-2)8-10-18(23)22-15-6-4-5-14(20)19(15)21/h3-10,12H,1,11H2,2H3,(H,22,23)/b10-8+. The van der Waals surface area contributed by atoms with Crippen LogP contribution in [0.5, 0.6) is 11.5 Å². The van der Waals surface area contributed by atoms with Gasteiger partial charge in [0.25, 0.3) is 0 Å². The molecule has 0 spiro atoms. The molecule has 0 saturated heterocycles.